The van der Waals surface area contributed by atoms with Crippen LogP contribution in [0.3, 0.4) is 0 Å². The predicted octanol–water partition coefficient (Wildman–Crippen LogP) is 5.08. The fourth-order valence-electron chi connectivity index (χ4n) is 4.12. The third kappa shape index (κ3) is 7.65. The van der Waals surface area contributed by atoms with Gasteiger partial charge in [0.25, 0.3) is 5.91 Å². The summed E-state index contributed by atoms with van der Waals surface area (Å²) in [4.78, 5) is 36.1. The number of halogens is 1. The van der Waals surface area contributed by atoms with Crippen molar-refractivity contribution in [2.45, 2.75) is 45.3 Å². The maximum Gasteiger partial charge on any atom is 0.326 e. The number of aliphatic carboxylic acids is 2. The van der Waals surface area contributed by atoms with Crippen molar-refractivity contribution >= 4 is 35.0 Å². The van der Waals surface area contributed by atoms with Crippen LogP contribution in [0.1, 0.15) is 48.2 Å². The zero-order valence-electron chi connectivity index (χ0n) is 20.8. The Hall–Kier alpha value is -3.68. The van der Waals surface area contributed by atoms with Crippen LogP contribution in [-0.4, -0.2) is 40.1 Å². The normalized spacial score (nSPS) is 14.8. The van der Waals surface area contributed by atoms with Gasteiger partial charge in [-0.05, 0) is 46.7 Å². The number of rotatable bonds is 11. The van der Waals surface area contributed by atoms with Crippen LogP contribution < -0.4 is 10.6 Å². The molecule has 1 amide bonds. The van der Waals surface area contributed by atoms with E-state index in [0.717, 1.165) is 22.3 Å². The van der Waals surface area contributed by atoms with Gasteiger partial charge in [-0.25, -0.2) is 4.79 Å². The van der Waals surface area contributed by atoms with Gasteiger partial charge in [-0.3, -0.25) is 9.59 Å². The van der Waals surface area contributed by atoms with Gasteiger partial charge in [-0.1, -0.05) is 86.2 Å². The summed E-state index contributed by atoms with van der Waals surface area (Å²) in [5, 5.41) is 25.2. The van der Waals surface area contributed by atoms with E-state index in [0.29, 0.717) is 13.0 Å². The number of benzene rings is 2. The van der Waals surface area contributed by atoms with E-state index in [1.165, 1.54) is 0 Å². The Bertz CT molecular complexity index is 1250. The highest BCUT2D eigenvalue weighted by molar-refractivity contribution is 6.33. The number of carbonyl (C=O) groups is 3. The molecule has 2 atom stereocenters. The monoisotopic (exact) mass is 522 g/mol. The predicted molar refractivity (Wildman–Crippen MR) is 144 cm³/mol. The van der Waals surface area contributed by atoms with E-state index in [1.54, 1.807) is 24.3 Å². The molecule has 2 aromatic rings. The van der Waals surface area contributed by atoms with Gasteiger partial charge in [0.05, 0.1) is 10.6 Å². The highest BCUT2D eigenvalue weighted by atomic mass is 35.5. The van der Waals surface area contributed by atoms with Gasteiger partial charge in [0.1, 0.15) is 12.1 Å². The summed E-state index contributed by atoms with van der Waals surface area (Å²) < 4.78 is 0. The van der Waals surface area contributed by atoms with Gasteiger partial charge in [0, 0.05) is 13.0 Å². The summed E-state index contributed by atoms with van der Waals surface area (Å²) >= 11 is 6.08. The molecular weight excluding hydrogens is 492 g/mol. The van der Waals surface area contributed by atoms with Gasteiger partial charge >= 0.3 is 11.9 Å². The van der Waals surface area contributed by atoms with Crippen molar-refractivity contribution in [2.24, 2.45) is 5.92 Å². The van der Waals surface area contributed by atoms with Crippen molar-refractivity contribution in [3.05, 3.63) is 100 Å². The number of amides is 1. The Morgan fingerprint density at radius 1 is 0.946 bits per heavy atom. The third-order valence-corrected chi connectivity index (χ3v) is 6.46. The van der Waals surface area contributed by atoms with E-state index in [-0.39, 0.29) is 22.9 Å². The van der Waals surface area contributed by atoms with Crippen LogP contribution in [0.5, 0.6) is 0 Å². The molecule has 0 aliphatic heterocycles. The Morgan fingerprint density at radius 2 is 1.65 bits per heavy atom. The second-order valence-corrected chi connectivity index (χ2v) is 9.56. The van der Waals surface area contributed by atoms with Gasteiger partial charge in [-0.2, -0.15) is 0 Å². The van der Waals surface area contributed by atoms with Gasteiger partial charge < -0.3 is 20.8 Å². The Morgan fingerprint density at radius 3 is 2.32 bits per heavy atom. The molecule has 2 unspecified atom stereocenters. The lowest BCUT2D eigenvalue weighted by molar-refractivity contribution is -0.141. The summed E-state index contributed by atoms with van der Waals surface area (Å²) in [5.74, 6) is -2.63. The molecule has 8 heteroatoms. The average molecular weight is 523 g/mol. The van der Waals surface area contributed by atoms with E-state index in [9.17, 15) is 24.6 Å². The van der Waals surface area contributed by atoms with Gasteiger partial charge in [-0.15, -0.1) is 0 Å². The van der Waals surface area contributed by atoms with Gasteiger partial charge in [0.2, 0.25) is 0 Å². The molecule has 0 spiro atoms. The quantitative estimate of drug-likeness (QED) is 0.327. The Labute approximate surface area is 221 Å². The minimum Gasteiger partial charge on any atom is -0.480 e. The molecule has 1 aliphatic carbocycles. The summed E-state index contributed by atoms with van der Waals surface area (Å²) in [7, 11) is 0. The number of allylic oxidation sites excluding steroid dienone is 5. The summed E-state index contributed by atoms with van der Waals surface area (Å²) in [6.07, 6.45) is 8.44. The first kappa shape index (κ1) is 27.9. The first-order valence-corrected chi connectivity index (χ1v) is 12.4. The maximum absolute atomic E-state index is 12.6. The second kappa shape index (κ2) is 13.0. The molecule has 0 bridgehead atoms. The van der Waals surface area contributed by atoms with Gasteiger partial charge in [0.15, 0.2) is 0 Å². The molecule has 194 valence electrons. The summed E-state index contributed by atoms with van der Waals surface area (Å²) in [6.45, 7) is 4.12. The first-order valence-electron chi connectivity index (χ1n) is 12.1. The molecule has 0 saturated carbocycles. The van der Waals surface area contributed by atoms with Crippen molar-refractivity contribution in [2.75, 3.05) is 0 Å². The number of carbonyl (C=O) groups excluding carboxylic acids is 1. The van der Waals surface area contributed by atoms with E-state index in [1.807, 2.05) is 62.4 Å². The maximum atomic E-state index is 12.6. The minimum absolute atomic E-state index is 0.0611. The molecule has 1 aliphatic rings. The fraction of sp³-hybridized carbons (Fsp3) is 0.276. The fourth-order valence-corrected chi connectivity index (χ4v) is 4.34. The van der Waals surface area contributed by atoms with Crippen molar-refractivity contribution in [3.8, 4) is 0 Å². The molecule has 0 heterocycles. The Kier molecular flexibility index (Phi) is 9.83. The first-order chi connectivity index (χ1) is 17.7. The number of carboxylic acids is 2. The van der Waals surface area contributed by atoms with Crippen molar-refractivity contribution in [3.63, 3.8) is 0 Å². The van der Waals surface area contributed by atoms with Crippen LogP contribution in [0.15, 0.2) is 78.4 Å². The Balaban J connectivity index is 1.71. The molecule has 3 rings (SSSR count). The lowest BCUT2D eigenvalue weighted by atomic mass is 9.97. The van der Waals surface area contributed by atoms with Crippen LogP contribution in [-0.2, 0) is 16.1 Å². The van der Waals surface area contributed by atoms with Crippen LogP contribution in [0.4, 0.5) is 0 Å². The molecule has 2 aromatic carbocycles. The molecule has 37 heavy (non-hydrogen) atoms. The number of hydrogen-bond acceptors (Lipinski definition) is 4. The van der Waals surface area contributed by atoms with Crippen molar-refractivity contribution < 1.29 is 24.6 Å². The number of nitrogens with one attached hydrogen (secondary N) is 2. The van der Waals surface area contributed by atoms with Crippen LogP contribution in [0, 0.1) is 5.92 Å². The van der Waals surface area contributed by atoms with Crippen LogP contribution in [0.2, 0.25) is 5.02 Å². The third-order valence-electron chi connectivity index (χ3n) is 6.13. The minimum atomic E-state index is -1.14. The molecule has 4 N–H and O–H groups in total. The highest BCUT2D eigenvalue weighted by Gasteiger charge is 2.23. The standard InChI is InChI=1S/C29H31ClN2O5/c1-18(2)26(29(36)37)31-17-21-9-3-4-11-22(21)20-10-7-8-19(14-15-20)16-25(28(34)35)32-27(33)23-12-5-6-13-24(23)30/h3-6,8-15,18,25-26,31H,7,16-17H2,1-2H3,(H,32,33)(H,34,35)(H,36,37). The molecule has 0 saturated heterocycles. The lowest BCUT2D eigenvalue weighted by Crippen LogP contribution is -2.41. The van der Waals surface area contributed by atoms with Crippen molar-refractivity contribution in [1.29, 1.82) is 0 Å². The zero-order chi connectivity index (χ0) is 26.9. The molecule has 0 radical (unpaired) electrons. The average Bonchev–Trinajstić information content (AvgIpc) is 3.09. The SMILES string of the molecule is CC(C)C(NCc1ccccc1C1=CCC=C(CC(NC(=O)c2ccccc2Cl)C(=O)O)C=C1)C(=O)O. The van der Waals surface area contributed by atoms with E-state index in [4.69, 9.17) is 11.6 Å². The highest BCUT2D eigenvalue weighted by Crippen LogP contribution is 2.26. The van der Waals surface area contributed by atoms with E-state index in [2.05, 4.69) is 10.6 Å². The zero-order valence-corrected chi connectivity index (χ0v) is 21.5. The smallest absolute Gasteiger partial charge is 0.326 e. The van der Waals surface area contributed by atoms with Crippen LogP contribution in [0.25, 0.3) is 5.57 Å². The van der Waals surface area contributed by atoms with E-state index >= 15 is 0 Å². The molecule has 0 aromatic heterocycles. The van der Waals surface area contributed by atoms with Crippen molar-refractivity contribution in [1.82, 2.24) is 10.6 Å². The molecular formula is C29H31ClN2O5. The van der Waals surface area contributed by atoms with E-state index < -0.39 is 29.9 Å². The lowest BCUT2D eigenvalue weighted by Gasteiger charge is -2.19. The molecule has 0 fully saturated rings. The second-order valence-electron chi connectivity index (χ2n) is 9.15. The summed E-state index contributed by atoms with van der Waals surface area (Å²) in [6, 6.07) is 12.5. The largest absolute Gasteiger partial charge is 0.480 e. The summed E-state index contributed by atoms with van der Waals surface area (Å²) in [5.41, 5.74) is 3.88. The number of hydrogen-bond donors (Lipinski definition) is 4. The molecule has 7 nitrogen and oxygen atoms in total. The van der Waals surface area contributed by atoms with Crippen LogP contribution >= 0.6 is 11.6 Å². The number of carboxylic acid groups (broad SMARTS) is 2. The topological polar surface area (TPSA) is 116 Å².